The molecule has 31 heavy (non-hydrogen) atoms. The van der Waals surface area contributed by atoms with Gasteiger partial charge in [0.05, 0.1) is 12.5 Å². The van der Waals surface area contributed by atoms with E-state index in [1.54, 1.807) is 0 Å². The van der Waals surface area contributed by atoms with E-state index >= 15 is 0 Å². The van der Waals surface area contributed by atoms with E-state index in [1.807, 2.05) is 0 Å². The topological polar surface area (TPSA) is 257 Å². The number of rotatable bonds is 16. The minimum atomic E-state index is -1.35. The molecule has 0 saturated heterocycles. The quantitative estimate of drug-likeness (QED) is 0.108. The lowest BCUT2D eigenvalue weighted by Crippen LogP contribution is -2.56. The first kappa shape index (κ1) is 27.7. The number of hydrogen-bond donors (Lipinski definition) is 8. The number of carboxylic acid groups (broad SMARTS) is 2. The van der Waals surface area contributed by atoms with Gasteiger partial charge in [-0.15, -0.1) is 0 Å². The fraction of sp³-hybridized carbons (Fsp3) is 0.647. The molecule has 176 valence electrons. The first-order chi connectivity index (χ1) is 14.5. The third kappa shape index (κ3) is 12.8. The number of unbranched alkanes of at least 4 members (excludes halogenated alkanes) is 1. The molecule has 0 aromatic carbocycles. The Bertz CT molecular complexity index is 671. The van der Waals surface area contributed by atoms with E-state index in [0.29, 0.717) is 19.4 Å². The summed E-state index contributed by atoms with van der Waals surface area (Å²) in [6, 6.07) is -3.79. The molecule has 14 nitrogen and oxygen atoms in total. The molecular weight excluding hydrogens is 416 g/mol. The van der Waals surface area contributed by atoms with Gasteiger partial charge >= 0.3 is 11.9 Å². The van der Waals surface area contributed by atoms with Gasteiger partial charge in [-0.05, 0) is 32.2 Å². The van der Waals surface area contributed by atoms with Crippen molar-refractivity contribution in [2.45, 2.75) is 56.7 Å². The Morgan fingerprint density at radius 2 is 1.39 bits per heavy atom. The number of nitrogens with one attached hydrogen (secondary N) is 3. The number of aliphatic carboxylic acids is 2. The second kappa shape index (κ2) is 14.7. The smallest absolute Gasteiger partial charge is 0.322 e. The molecule has 0 aliphatic rings. The average molecular weight is 446 g/mol. The summed E-state index contributed by atoms with van der Waals surface area (Å²) in [5.74, 6) is -5.88. The van der Waals surface area contributed by atoms with E-state index in [0.717, 1.165) is 0 Å². The van der Waals surface area contributed by atoms with Crippen LogP contribution in [-0.2, 0) is 28.8 Å². The molecule has 4 amide bonds. The maximum Gasteiger partial charge on any atom is 0.322 e. The number of carbonyl (C=O) groups excluding carboxylic acids is 4. The largest absolute Gasteiger partial charge is 0.481 e. The highest BCUT2D eigenvalue weighted by Gasteiger charge is 2.28. The van der Waals surface area contributed by atoms with Gasteiger partial charge in [0.2, 0.25) is 23.6 Å². The van der Waals surface area contributed by atoms with E-state index in [2.05, 4.69) is 16.0 Å². The highest BCUT2D eigenvalue weighted by atomic mass is 16.4. The second-order valence-electron chi connectivity index (χ2n) is 6.73. The normalized spacial score (nSPS) is 13.4. The van der Waals surface area contributed by atoms with Gasteiger partial charge in [0, 0.05) is 6.42 Å². The molecule has 0 aliphatic carbocycles. The maximum absolute atomic E-state index is 12.7. The molecule has 0 aromatic heterocycles. The summed E-state index contributed by atoms with van der Waals surface area (Å²) in [7, 11) is 0. The van der Waals surface area contributed by atoms with Crippen molar-refractivity contribution in [2.75, 3.05) is 13.1 Å². The zero-order valence-electron chi connectivity index (χ0n) is 17.0. The Hall–Kier alpha value is -3.26. The molecule has 11 N–H and O–H groups in total. The summed E-state index contributed by atoms with van der Waals surface area (Å²) in [6.45, 7) is -0.390. The number of hydrogen-bond acceptors (Lipinski definition) is 8. The lowest BCUT2D eigenvalue weighted by atomic mass is 10.1. The van der Waals surface area contributed by atoms with E-state index in [9.17, 15) is 28.8 Å². The number of amides is 4. The third-order valence-corrected chi connectivity index (χ3v) is 4.03. The molecule has 14 heteroatoms. The molecule has 0 heterocycles. The van der Waals surface area contributed by atoms with E-state index in [1.165, 1.54) is 0 Å². The summed E-state index contributed by atoms with van der Waals surface area (Å²) in [4.78, 5) is 69.4. The van der Waals surface area contributed by atoms with E-state index in [4.69, 9.17) is 27.4 Å². The predicted octanol–water partition coefficient (Wildman–Crippen LogP) is -3.65. The van der Waals surface area contributed by atoms with Gasteiger partial charge in [0.1, 0.15) is 18.6 Å². The summed E-state index contributed by atoms with van der Waals surface area (Å²) in [6.07, 6.45) is -0.127. The molecule has 0 radical (unpaired) electrons. The van der Waals surface area contributed by atoms with Crippen LogP contribution in [0, 0.1) is 0 Å². The molecule has 3 atom stereocenters. The van der Waals surface area contributed by atoms with Crippen molar-refractivity contribution >= 4 is 35.6 Å². The van der Waals surface area contributed by atoms with Crippen LogP contribution in [-0.4, -0.2) is 77.0 Å². The van der Waals surface area contributed by atoms with E-state index in [-0.39, 0.29) is 12.8 Å². The SMILES string of the molecule is NCCCCC(NC(=O)C(N)CC(N)=O)C(=O)NC(CCC(=O)O)C(=O)NCC(=O)O. The predicted molar refractivity (Wildman–Crippen MR) is 106 cm³/mol. The zero-order valence-corrected chi connectivity index (χ0v) is 17.0. The van der Waals surface area contributed by atoms with Crippen molar-refractivity contribution in [1.82, 2.24) is 16.0 Å². The molecule has 0 aromatic rings. The Morgan fingerprint density at radius 1 is 0.806 bits per heavy atom. The van der Waals surface area contributed by atoms with Crippen molar-refractivity contribution in [3.8, 4) is 0 Å². The number of carboxylic acids is 2. The van der Waals surface area contributed by atoms with Gasteiger partial charge < -0.3 is 43.4 Å². The van der Waals surface area contributed by atoms with Crippen LogP contribution in [0.15, 0.2) is 0 Å². The van der Waals surface area contributed by atoms with Crippen molar-refractivity contribution in [2.24, 2.45) is 17.2 Å². The van der Waals surface area contributed by atoms with Crippen LogP contribution < -0.4 is 33.2 Å². The Labute approximate surface area is 178 Å². The van der Waals surface area contributed by atoms with E-state index < -0.39 is 73.1 Å². The monoisotopic (exact) mass is 446 g/mol. The highest BCUT2D eigenvalue weighted by Crippen LogP contribution is 2.05. The fourth-order valence-corrected chi connectivity index (χ4v) is 2.44. The second-order valence-corrected chi connectivity index (χ2v) is 6.73. The maximum atomic E-state index is 12.7. The van der Waals surface area contributed by atoms with Gasteiger partial charge in [-0.3, -0.25) is 28.8 Å². The lowest BCUT2D eigenvalue weighted by molar-refractivity contribution is -0.140. The molecule has 0 bridgehead atoms. The number of carbonyl (C=O) groups is 6. The third-order valence-electron chi connectivity index (χ3n) is 4.03. The van der Waals surface area contributed by atoms with Crippen molar-refractivity contribution in [3.63, 3.8) is 0 Å². The first-order valence-corrected chi connectivity index (χ1v) is 9.53. The van der Waals surface area contributed by atoms with Gasteiger partial charge in [0.25, 0.3) is 0 Å². The van der Waals surface area contributed by atoms with Crippen molar-refractivity contribution in [3.05, 3.63) is 0 Å². The van der Waals surface area contributed by atoms with Crippen LogP contribution in [0.3, 0.4) is 0 Å². The molecular formula is C17H30N6O8. The minimum Gasteiger partial charge on any atom is -0.481 e. The molecule has 0 aliphatic heterocycles. The summed E-state index contributed by atoms with van der Waals surface area (Å²) < 4.78 is 0. The molecule has 0 fully saturated rings. The van der Waals surface area contributed by atoms with Crippen molar-refractivity contribution in [1.29, 1.82) is 0 Å². The van der Waals surface area contributed by atoms with Crippen LogP contribution >= 0.6 is 0 Å². The molecule has 3 unspecified atom stereocenters. The van der Waals surface area contributed by atoms with Gasteiger partial charge in [-0.1, -0.05) is 0 Å². The molecule has 0 saturated carbocycles. The van der Waals surface area contributed by atoms with Gasteiger partial charge in [-0.2, -0.15) is 0 Å². The Kier molecular flexibility index (Phi) is 13.1. The Morgan fingerprint density at radius 3 is 1.90 bits per heavy atom. The van der Waals surface area contributed by atoms with Crippen LogP contribution in [0.25, 0.3) is 0 Å². The van der Waals surface area contributed by atoms with Crippen LogP contribution in [0.2, 0.25) is 0 Å². The van der Waals surface area contributed by atoms with Crippen LogP contribution in [0.5, 0.6) is 0 Å². The van der Waals surface area contributed by atoms with Crippen molar-refractivity contribution < 1.29 is 39.0 Å². The molecule has 0 rings (SSSR count). The standard InChI is InChI=1S/C17H30N6O8/c18-6-2-1-3-10(22-15(29)9(19)7-12(20)24)17(31)23-11(4-5-13(25)26)16(30)21-8-14(27)28/h9-11H,1-8,18-19H2,(H2,20,24)(H,21,30)(H,22,29)(H,23,31)(H,25,26)(H,27,28). The average Bonchev–Trinajstić information content (AvgIpc) is 2.67. The van der Waals surface area contributed by atoms with Crippen LogP contribution in [0.4, 0.5) is 0 Å². The highest BCUT2D eigenvalue weighted by molar-refractivity contribution is 5.94. The zero-order chi connectivity index (χ0) is 24.0. The summed E-state index contributed by atoms with van der Waals surface area (Å²) in [5, 5.41) is 24.3. The first-order valence-electron chi connectivity index (χ1n) is 9.53. The van der Waals surface area contributed by atoms with Crippen LogP contribution in [0.1, 0.15) is 38.5 Å². The lowest BCUT2D eigenvalue weighted by Gasteiger charge is -2.23. The minimum absolute atomic E-state index is 0.125. The summed E-state index contributed by atoms with van der Waals surface area (Å²) >= 11 is 0. The number of primary amides is 1. The Balaban J connectivity index is 5.30. The van der Waals surface area contributed by atoms with Gasteiger partial charge in [-0.25, -0.2) is 0 Å². The molecule has 0 spiro atoms. The number of nitrogens with two attached hydrogens (primary N) is 3. The fourth-order valence-electron chi connectivity index (χ4n) is 2.44. The summed E-state index contributed by atoms with van der Waals surface area (Å²) in [5.41, 5.74) is 16.0. The van der Waals surface area contributed by atoms with Gasteiger partial charge in [0.15, 0.2) is 0 Å².